The van der Waals surface area contributed by atoms with Crippen LogP contribution < -0.4 is 5.32 Å². The highest BCUT2D eigenvalue weighted by Gasteiger charge is 2.35. The van der Waals surface area contributed by atoms with E-state index in [2.05, 4.69) is 22.2 Å². The van der Waals surface area contributed by atoms with Crippen LogP contribution in [0.2, 0.25) is 0 Å². The summed E-state index contributed by atoms with van der Waals surface area (Å²) in [5.74, 6) is 0.504. The van der Waals surface area contributed by atoms with Gasteiger partial charge in [0.1, 0.15) is 0 Å². The number of nitrogens with zero attached hydrogens (tertiary/aromatic N) is 3. The standard InChI is InChI=1S/C16H26N4O2/c1-11-13(6-17-19(11)2)7-20-8-14(10-21)15(9-20)18-16(22)12-4-3-5-12/h6,12,14-15,21H,3-5,7-10H2,1-2H3,(H,18,22)/t14-,15+/m0/s1. The smallest absolute Gasteiger partial charge is 0.223 e. The van der Waals surface area contributed by atoms with Crippen LogP contribution in [0.1, 0.15) is 30.5 Å². The first kappa shape index (κ1) is 15.5. The van der Waals surface area contributed by atoms with Crippen LogP contribution in [0.5, 0.6) is 0 Å². The highest BCUT2D eigenvalue weighted by molar-refractivity contribution is 5.79. The molecule has 1 aromatic rings. The summed E-state index contributed by atoms with van der Waals surface area (Å²) >= 11 is 0. The Hall–Kier alpha value is -1.40. The minimum atomic E-state index is 0.0649. The molecule has 6 heteroatoms. The molecule has 3 rings (SSSR count). The number of aryl methyl sites for hydroxylation is 1. The quantitative estimate of drug-likeness (QED) is 0.828. The van der Waals surface area contributed by atoms with E-state index in [1.54, 1.807) is 0 Å². The van der Waals surface area contributed by atoms with Crippen molar-refractivity contribution in [2.45, 2.75) is 38.8 Å². The van der Waals surface area contributed by atoms with Crippen molar-refractivity contribution in [3.8, 4) is 0 Å². The molecule has 0 spiro atoms. The van der Waals surface area contributed by atoms with Gasteiger partial charge >= 0.3 is 0 Å². The van der Waals surface area contributed by atoms with Crippen LogP contribution in [0.4, 0.5) is 0 Å². The molecular formula is C16H26N4O2. The molecular weight excluding hydrogens is 280 g/mol. The van der Waals surface area contributed by atoms with E-state index in [0.29, 0.717) is 0 Å². The molecule has 2 atom stereocenters. The fraction of sp³-hybridized carbons (Fsp3) is 0.750. The van der Waals surface area contributed by atoms with Crippen molar-refractivity contribution in [1.82, 2.24) is 20.0 Å². The van der Waals surface area contributed by atoms with E-state index in [-0.39, 0.29) is 30.4 Å². The van der Waals surface area contributed by atoms with Gasteiger partial charge < -0.3 is 10.4 Å². The number of aliphatic hydroxyl groups is 1. The Bertz CT molecular complexity index is 538. The molecule has 122 valence electrons. The van der Waals surface area contributed by atoms with Gasteiger partial charge in [-0.15, -0.1) is 0 Å². The Morgan fingerprint density at radius 3 is 2.77 bits per heavy atom. The molecule has 2 aliphatic rings. The molecule has 0 radical (unpaired) electrons. The molecule has 1 aromatic heterocycles. The minimum Gasteiger partial charge on any atom is -0.396 e. The van der Waals surface area contributed by atoms with Crippen LogP contribution in [0, 0.1) is 18.8 Å². The van der Waals surface area contributed by atoms with E-state index in [9.17, 15) is 9.90 Å². The Balaban J connectivity index is 1.59. The summed E-state index contributed by atoms with van der Waals surface area (Å²) in [5.41, 5.74) is 2.38. The van der Waals surface area contributed by atoms with Crippen LogP contribution >= 0.6 is 0 Å². The van der Waals surface area contributed by atoms with Crippen molar-refractivity contribution in [3.05, 3.63) is 17.5 Å². The topological polar surface area (TPSA) is 70.4 Å². The molecule has 0 unspecified atom stereocenters. The van der Waals surface area contributed by atoms with Gasteiger partial charge in [0, 0.05) is 62.4 Å². The maximum atomic E-state index is 12.1. The van der Waals surface area contributed by atoms with Crippen LogP contribution in [0.25, 0.3) is 0 Å². The van der Waals surface area contributed by atoms with Crippen molar-refractivity contribution in [3.63, 3.8) is 0 Å². The van der Waals surface area contributed by atoms with Gasteiger partial charge in [0.25, 0.3) is 0 Å². The van der Waals surface area contributed by atoms with Crippen LogP contribution in [-0.2, 0) is 18.4 Å². The van der Waals surface area contributed by atoms with Gasteiger partial charge in [-0.25, -0.2) is 0 Å². The number of rotatable bonds is 5. The normalized spacial score (nSPS) is 26.1. The lowest BCUT2D eigenvalue weighted by molar-refractivity contribution is -0.128. The third-order valence-corrected chi connectivity index (χ3v) is 5.29. The third kappa shape index (κ3) is 3.03. The number of aromatic nitrogens is 2. The predicted octanol–water partition coefficient (Wildman–Crippen LogP) is 0.438. The van der Waals surface area contributed by atoms with Crippen molar-refractivity contribution in [2.75, 3.05) is 19.7 Å². The average Bonchev–Trinajstić information content (AvgIpc) is 2.95. The number of nitrogens with one attached hydrogen (secondary N) is 1. The molecule has 2 heterocycles. The van der Waals surface area contributed by atoms with Gasteiger partial charge in [0.15, 0.2) is 0 Å². The summed E-state index contributed by atoms with van der Waals surface area (Å²) in [4.78, 5) is 14.4. The number of likely N-dealkylation sites (tertiary alicyclic amines) is 1. The number of hydrogen-bond donors (Lipinski definition) is 2. The van der Waals surface area contributed by atoms with E-state index in [4.69, 9.17) is 0 Å². The van der Waals surface area contributed by atoms with E-state index in [1.165, 1.54) is 17.7 Å². The van der Waals surface area contributed by atoms with Gasteiger partial charge in [0.05, 0.1) is 6.20 Å². The molecule has 1 amide bonds. The largest absolute Gasteiger partial charge is 0.396 e. The lowest BCUT2D eigenvalue weighted by Crippen LogP contribution is -2.45. The van der Waals surface area contributed by atoms with Crippen LogP contribution in [-0.4, -0.2) is 51.4 Å². The van der Waals surface area contributed by atoms with Gasteiger partial charge in [0.2, 0.25) is 5.91 Å². The Morgan fingerprint density at radius 2 is 2.23 bits per heavy atom. The van der Waals surface area contributed by atoms with Gasteiger partial charge in [-0.1, -0.05) is 6.42 Å². The lowest BCUT2D eigenvalue weighted by atomic mass is 9.84. The molecule has 22 heavy (non-hydrogen) atoms. The fourth-order valence-corrected chi connectivity index (χ4v) is 3.35. The number of hydrogen-bond acceptors (Lipinski definition) is 4. The van der Waals surface area contributed by atoms with Crippen LogP contribution in [0.3, 0.4) is 0 Å². The Morgan fingerprint density at radius 1 is 1.45 bits per heavy atom. The summed E-state index contributed by atoms with van der Waals surface area (Å²) in [5, 5.41) is 17.0. The van der Waals surface area contributed by atoms with Crippen LogP contribution in [0.15, 0.2) is 6.20 Å². The monoisotopic (exact) mass is 306 g/mol. The van der Waals surface area contributed by atoms with E-state index in [0.717, 1.165) is 32.5 Å². The average molecular weight is 306 g/mol. The zero-order chi connectivity index (χ0) is 15.7. The molecule has 2 N–H and O–H groups in total. The lowest BCUT2D eigenvalue weighted by Gasteiger charge is -2.27. The summed E-state index contributed by atoms with van der Waals surface area (Å²) in [6.07, 6.45) is 5.10. The first-order chi connectivity index (χ1) is 10.6. The summed E-state index contributed by atoms with van der Waals surface area (Å²) < 4.78 is 1.88. The molecule has 0 bridgehead atoms. The van der Waals surface area contributed by atoms with E-state index in [1.807, 2.05) is 17.9 Å². The maximum absolute atomic E-state index is 12.1. The molecule has 1 aliphatic heterocycles. The molecule has 1 saturated carbocycles. The predicted molar refractivity (Wildman–Crippen MR) is 83.1 cm³/mol. The van der Waals surface area contributed by atoms with Gasteiger partial charge in [-0.2, -0.15) is 5.10 Å². The second-order valence-electron chi connectivity index (χ2n) is 6.76. The Kier molecular flexibility index (Phi) is 4.49. The molecule has 0 aromatic carbocycles. The van der Waals surface area contributed by atoms with Gasteiger partial charge in [-0.3, -0.25) is 14.4 Å². The number of carbonyl (C=O) groups is 1. The first-order valence-corrected chi connectivity index (χ1v) is 8.19. The Labute approximate surface area is 131 Å². The summed E-state index contributed by atoms with van der Waals surface area (Å²) in [6.45, 7) is 4.64. The van der Waals surface area contributed by atoms with Gasteiger partial charge in [-0.05, 0) is 19.8 Å². The molecule has 1 aliphatic carbocycles. The number of aliphatic hydroxyl groups excluding tert-OH is 1. The van der Waals surface area contributed by atoms with Crippen molar-refractivity contribution < 1.29 is 9.90 Å². The van der Waals surface area contributed by atoms with Crippen molar-refractivity contribution in [1.29, 1.82) is 0 Å². The second-order valence-corrected chi connectivity index (χ2v) is 6.76. The molecule has 1 saturated heterocycles. The highest BCUT2D eigenvalue weighted by atomic mass is 16.3. The zero-order valence-corrected chi connectivity index (χ0v) is 13.5. The van der Waals surface area contributed by atoms with Crippen molar-refractivity contribution >= 4 is 5.91 Å². The third-order valence-electron chi connectivity index (χ3n) is 5.29. The summed E-state index contributed by atoms with van der Waals surface area (Å²) in [6, 6.07) is 0.0649. The number of amides is 1. The minimum absolute atomic E-state index is 0.0649. The summed E-state index contributed by atoms with van der Waals surface area (Å²) in [7, 11) is 1.95. The first-order valence-electron chi connectivity index (χ1n) is 8.19. The zero-order valence-electron chi connectivity index (χ0n) is 13.5. The number of carbonyl (C=O) groups excluding carboxylic acids is 1. The fourth-order valence-electron chi connectivity index (χ4n) is 3.35. The maximum Gasteiger partial charge on any atom is 0.223 e. The SMILES string of the molecule is Cc1c(CN2C[C@@H](CO)[C@H](NC(=O)C3CCC3)C2)cnn1C. The molecule has 6 nitrogen and oxygen atoms in total. The molecule has 2 fully saturated rings. The van der Waals surface area contributed by atoms with E-state index >= 15 is 0 Å². The van der Waals surface area contributed by atoms with Crippen molar-refractivity contribution in [2.24, 2.45) is 18.9 Å². The van der Waals surface area contributed by atoms with E-state index < -0.39 is 0 Å². The highest BCUT2D eigenvalue weighted by Crippen LogP contribution is 2.27. The second kappa shape index (κ2) is 6.38.